The molecule has 0 aliphatic carbocycles. The van der Waals surface area contributed by atoms with Gasteiger partial charge in [0.25, 0.3) is 5.91 Å². The molecule has 0 unspecified atom stereocenters. The smallest absolute Gasteiger partial charge is 0.416 e. The number of benzene rings is 2. The lowest BCUT2D eigenvalue weighted by atomic mass is 10.1. The van der Waals surface area contributed by atoms with Crippen molar-refractivity contribution in [2.45, 2.75) is 11.1 Å². The Hall–Kier alpha value is -2.54. The topological polar surface area (TPSA) is 79.4 Å². The lowest BCUT2D eigenvalue weighted by Gasteiger charge is -2.36. The standard InChI is InChI=1S/C23H25ClF3N3O5S/c24-20-15-19(36(32,33)30-10-12-34-13-11-30)4-5-21(20)35-16-22(31)29-8-6-28(7-9-29)18-3-1-2-17(14-18)23(25,26)27/h1-5,14-15H,6-13,16H2. The number of nitrogens with zero attached hydrogens (tertiary/aromatic N) is 3. The second-order valence-electron chi connectivity index (χ2n) is 8.31. The first-order valence-corrected chi connectivity index (χ1v) is 13.1. The summed E-state index contributed by atoms with van der Waals surface area (Å²) in [6.07, 6.45) is -4.42. The molecule has 2 fully saturated rings. The minimum Gasteiger partial charge on any atom is -0.482 e. The Morgan fingerprint density at radius 1 is 1.00 bits per heavy atom. The average molecular weight is 548 g/mol. The van der Waals surface area contributed by atoms with Crippen LogP contribution in [-0.4, -0.2) is 82.6 Å². The lowest BCUT2D eigenvalue weighted by molar-refractivity contribution is -0.137. The molecule has 2 aromatic rings. The molecule has 2 aliphatic heterocycles. The summed E-state index contributed by atoms with van der Waals surface area (Å²) in [5.74, 6) is -0.131. The molecule has 0 atom stereocenters. The van der Waals surface area contributed by atoms with Crippen LogP contribution in [0.4, 0.5) is 18.9 Å². The highest BCUT2D eigenvalue weighted by Gasteiger charge is 2.31. The molecule has 0 radical (unpaired) electrons. The molecular weight excluding hydrogens is 523 g/mol. The van der Waals surface area contributed by atoms with E-state index in [0.29, 0.717) is 45.1 Å². The highest BCUT2D eigenvalue weighted by atomic mass is 35.5. The van der Waals surface area contributed by atoms with Crippen molar-refractivity contribution < 1.29 is 35.9 Å². The lowest BCUT2D eigenvalue weighted by Crippen LogP contribution is -2.50. The molecule has 0 spiro atoms. The van der Waals surface area contributed by atoms with E-state index in [1.807, 2.05) is 0 Å². The number of rotatable bonds is 6. The van der Waals surface area contributed by atoms with Crippen LogP contribution in [-0.2, 0) is 25.7 Å². The number of hydrogen-bond donors (Lipinski definition) is 0. The van der Waals surface area contributed by atoms with E-state index < -0.39 is 21.8 Å². The molecule has 13 heteroatoms. The summed E-state index contributed by atoms with van der Waals surface area (Å²) in [7, 11) is -3.72. The van der Waals surface area contributed by atoms with Crippen molar-refractivity contribution in [2.75, 3.05) is 64.0 Å². The van der Waals surface area contributed by atoms with Gasteiger partial charge in [-0.3, -0.25) is 4.79 Å². The highest BCUT2D eigenvalue weighted by molar-refractivity contribution is 7.89. The van der Waals surface area contributed by atoms with Crippen LogP contribution in [0.5, 0.6) is 5.75 Å². The zero-order valence-electron chi connectivity index (χ0n) is 19.2. The molecule has 2 heterocycles. The average Bonchev–Trinajstić information content (AvgIpc) is 2.88. The molecule has 0 bridgehead atoms. The van der Waals surface area contributed by atoms with Gasteiger partial charge in [0.05, 0.1) is 28.7 Å². The predicted octanol–water partition coefficient (Wildman–Crippen LogP) is 3.11. The van der Waals surface area contributed by atoms with E-state index in [1.54, 1.807) is 15.9 Å². The first-order chi connectivity index (χ1) is 17.1. The summed E-state index contributed by atoms with van der Waals surface area (Å²) in [5, 5.41) is 0.0616. The van der Waals surface area contributed by atoms with Crippen molar-refractivity contribution in [3.8, 4) is 5.75 Å². The van der Waals surface area contributed by atoms with Crippen molar-refractivity contribution in [1.82, 2.24) is 9.21 Å². The Balaban J connectivity index is 1.31. The second kappa shape index (κ2) is 10.8. The van der Waals surface area contributed by atoms with E-state index in [9.17, 15) is 26.4 Å². The number of carbonyl (C=O) groups is 1. The molecular formula is C23H25ClF3N3O5S. The summed E-state index contributed by atoms with van der Waals surface area (Å²) in [6.45, 7) is 2.25. The van der Waals surface area contributed by atoms with Crippen molar-refractivity contribution >= 4 is 33.2 Å². The van der Waals surface area contributed by atoms with Gasteiger partial charge in [0.1, 0.15) is 5.75 Å². The Kier molecular flexibility index (Phi) is 7.98. The van der Waals surface area contributed by atoms with Crippen molar-refractivity contribution in [2.24, 2.45) is 0 Å². The van der Waals surface area contributed by atoms with Gasteiger partial charge in [0.15, 0.2) is 6.61 Å². The maximum absolute atomic E-state index is 13.0. The Bertz CT molecular complexity index is 1200. The van der Waals surface area contributed by atoms with E-state index in [2.05, 4.69) is 0 Å². The Morgan fingerprint density at radius 2 is 1.69 bits per heavy atom. The number of sulfonamides is 1. The van der Waals surface area contributed by atoms with Gasteiger partial charge in [0, 0.05) is 45.0 Å². The van der Waals surface area contributed by atoms with Crippen LogP contribution < -0.4 is 9.64 Å². The highest BCUT2D eigenvalue weighted by Crippen LogP contribution is 2.32. The maximum atomic E-state index is 13.0. The van der Waals surface area contributed by atoms with Gasteiger partial charge in [0.2, 0.25) is 10.0 Å². The van der Waals surface area contributed by atoms with Crippen LogP contribution in [0.2, 0.25) is 5.02 Å². The number of hydrogen-bond acceptors (Lipinski definition) is 6. The number of ether oxygens (including phenoxy) is 2. The summed E-state index contributed by atoms with van der Waals surface area (Å²) in [4.78, 5) is 16.0. The van der Waals surface area contributed by atoms with Gasteiger partial charge in [-0.15, -0.1) is 0 Å². The van der Waals surface area contributed by atoms with Crippen LogP contribution in [0.15, 0.2) is 47.4 Å². The number of amides is 1. The van der Waals surface area contributed by atoms with E-state index in [1.165, 1.54) is 28.6 Å². The number of piperazine rings is 1. The van der Waals surface area contributed by atoms with Gasteiger partial charge in [-0.2, -0.15) is 17.5 Å². The van der Waals surface area contributed by atoms with E-state index in [4.69, 9.17) is 21.1 Å². The van der Waals surface area contributed by atoms with Gasteiger partial charge >= 0.3 is 6.18 Å². The van der Waals surface area contributed by atoms with Crippen LogP contribution >= 0.6 is 11.6 Å². The van der Waals surface area contributed by atoms with Crippen LogP contribution in [0.3, 0.4) is 0 Å². The Morgan fingerprint density at radius 3 is 2.33 bits per heavy atom. The molecule has 0 aromatic heterocycles. The SMILES string of the molecule is O=C(COc1ccc(S(=O)(=O)N2CCOCC2)cc1Cl)N1CCN(c2cccc(C(F)(F)F)c2)CC1. The number of halogens is 4. The molecule has 0 N–H and O–H groups in total. The molecule has 2 aromatic carbocycles. The van der Waals surface area contributed by atoms with Crippen LogP contribution in [0, 0.1) is 0 Å². The normalized spacial score (nSPS) is 17.8. The quantitative estimate of drug-likeness (QED) is 0.553. The largest absolute Gasteiger partial charge is 0.482 e. The summed E-state index contributed by atoms with van der Waals surface area (Å²) in [6, 6.07) is 9.19. The predicted molar refractivity (Wildman–Crippen MR) is 127 cm³/mol. The first kappa shape index (κ1) is 26.5. The van der Waals surface area contributed by atoms with Crippen LogP contribution in [0.1, 0.15) is 5.56 Å². The Labute approximate surface area is 212 Å². The van der Waals surface area contributed by atoms with Crippen LogP contribution in [0.25, 0.3) is 0 Å². The summed E-state index contributed by atoms with van der Waals surface area (Å²) in [5.41, 5.74) is -0.264. The monoisotopic (exact) mass is 547 g/mol. The minimum absolute atomic E-state index is 0.0267. The summed E-state index contributed by atoms with van der Waals surface area (Å²) < 4.78 is 76.6. The molecule has 2 aliphatic rings. The zero-order valence-corrected chi connectivity index (χ0v) is 20.8. The molecule has 8 nitrogen and oxygen atoms in total. The number of alkyl halides is 3. The van der Waals surface area contributed by atoms with Gasteiger partial charge < -0.3 is 19.3 Å². The minimum atomic E-state index is -4.42. The fraction of sp³-hybridized carbons (Fsp3) is 0.435. The second-order valence-corrected chi connectivity index (χ2v) is 10.7. The van der Waals surface area contributed by atoms with Gasteiger partial charge in [-0.1, -0.05) is 17.7 Å². The zero-order chi connectivity index (χ0) is 25.9. The molecule has 4 rings (SSSR count). The molecule has 1 amide bonds. The molecule has 36 heavy (non-hydrogen) atoms. The third-order valence-electron chi connectivity index (χ3n) is 6.03. The van der Waals surface area contributed by atoms with Gasteiger partial charge in [-0.05, 0) is 36.4 Å². The van der Waals surface area contributed by atoms with Crippen molar-refractivity contribution in [1.29, 1.82) is 0 Å². The van der Waals surface area contributed by atoms with Crippen molar-refractivity contribution in [3.05, 3.63) is 53.1 Å². The van der Waals surface area contributed by atoms with Gasteiger partial charge in [-0.25, -0.2) is 8.42 Å². The fourth-order valence-electron chi connectivity index (χ4n) is 4.02. The van der Waals surface area contributed by atoms with E-state index in [-0.39, 0.29) is 41.3 Å². The maximum Gasteiger partial charge on any atom is 0.416 e. The number of anilines is 1. The van der Waals surface area contributed by atoms with E-state index in [0.717, 1.165) is 12.1 Å². The van der Waals surface area contributed by atoms with E-state index >= 15 is 0 Å². The molecule has 0 saturated carbocycles. The first-order valence-electron chi connectivity index (χ1n) is 11.3. The molecule has 2 saturated heterocycles. The van der Waals surface area contributed by atoms with Crippen molar-refractivity contribution in [3.63, 3.8) is 0 Å². The number of morpholine rings is 1. The molecule has 196 valence electrons. The summed E-state index contributed by atoms with van der Waals surface area (Å²) >= 11 is 6.23. The third kappa shape index (κ3) is 6.05. The fourth-order valence-corrected chi connectivity index (χ4v) is 5.75. The number of carbonyl (C=O) groups excluding carboxylic acids is 1. The third-order valence-corrected chi connectivity index (χ3v) is 8.22.